The van der Waals surface area contributed by atoms with Crippen molar-refractivity contribution in [2.24, 2.45) is 0 Å². The van der Waals surface area contributed by atoms with Crippen LogP contribution < -0.4 is 4.72 Å². The second-order valence-electron chi connectivity index (χ2n) is 4.13. The molecule has 0 amide bonds. The number of sulfonamides is 1. The molecule has 1 N–H and O–H groups in total. The minimum absolute atomic E-state index is 0.0156. The van der Waals surface area contributed by atoms with Crippen LogP contribution in [-0.4, -0.2) is 19.9 Å². The van der Waals surface area contributed by atoms with Gasteiger partial charge < -0.3 is 0 Å². The van der Waals surface area contributed by atoms with Crippen molar-refractivity contribution in [3.63, 3.8) is 0 Å². The molecule has 2 rings (SSSR count). The third-order valence-corrected chi connectivity index (χ3v) is 6.81. The topological polar surface area (TPSA) is 89.3 Å². The zero-order valence-corrected chi connectivity index (χ0v) is 13.9. The highest BCUT2D eigenvalue weighted by Gasteiger charge is 2.18. The Balaban J connectivity index is 1.95. The molecule has 0 saturated heterocycles. The molecule has 1 heterocycles. The molecule has 0 unspecified atom stereocenters. The summed E-state index contributed by atoms with van der Waals surface area (Å²) in [4.78, 5) is 10.1. The lowest BCUT2D eigenvalue weighted by molar-refractivity contribution is -0.384. The largest absolute Gasteiger partial charge is 0.269 e. The van der Waals surface area contributed by atoms with Gasteiger partial charge in [0, 0.05) is 23.2 Å². The second kappa shape index (κ2) is 6.65. The SMILES string of the molecule is O=[N+]([O-])c1ccc(CCNS(=O)(=O)c2sccc2Br)cc1. The Morgan fingerprint density at radius 2 is 1.90 bits per heavy atom. The van der Waals surface area contributed by atoms with Crippen LogP contribution in [0.4, 0.5) is 5.69 Å². The van der Waals surface area contributed by atoms with E-state index in [1.54, 1.807) is 23.6 Å². The van der Waals surface area contributed by atoms with Gasteiger partial charge in [-0.25, -0.2) is 13.1 Å². The fourth-order valence-electron chi connectivity index (χ4n) is 1.65. The lowest BCUT2D eigenvalue weighted by Crippen LogP contribution is -2.25. The van der Waals surface area contributed by atoms with Crippen molar-refractivity contribution in [3.05, 3.63) is 55.9 Å². The Morgan fingerprint density at radius 1 is 1.24 bits per heavy atom. The van der Waals surface area contributed by atoms with E-state index in [0.717, 1.165) is 16.9 Å². The maximum atomic E-state index is 12.0. The van der Waals surface area contributed by atoms with Gasteiger partial charge in [-0.1, -0.05) is 12.1 Å². The predicted octanol–water partition coefficient (Wildman–Crippen LogP) is 2.94. The summed E-state index contributed by atoms with van der Waals surface area (Å²) in [5.74, 6) is 0. The number of rotatable bonds is 6. The van der Waals surface area contributed by atoms with Gasteiger partial charge in [0.2, 0.25) is 0 Å². The Bertz CT molecular complexity index is 741. The minimum atomic E-state index is -3.53. The smallest absolute Gasteiger partial charge is 0.258 e. The van der Waals surface area contributed by atoms with E-state index in [1.165, 1.54) is 12.1 Å². The first kappa shape index (κ1) is 16.1. The lowest BCUT2D eigenvalue weighted by atomic mass is 10.1. The van der Waals surface area contributed by atoms with Gasteiger partial charge in [-0.15, -0.1) is 11.3 Å². The monoisotopic (exact) mass is 390 g/mol. The van der Waals surface area contributed by atoms with Gasteiger partial charge in [0.1, 0.15) is 4.21 Å². The van der Waals surface area contributed by atoms with Gasteiger partial charge in [0.15, 0.2) is 0 Å². The Hall–Kier alpha value is -1.29. The van der Waals surface area contributed by atoms with Crippen LogP contribution in [-0.2, 0) is 16.4 Å². The summed E-state index contributed by atoms with van der Waals surface area (Å²) in [6, 6.07) is 7.72. The number of non-ortho nitro benzene ring substituents is 1. The maximum absolute atomic E-state index is 12.0. The average Bonchev–Trinajstić information content (AvgIpc) is 2.86. The third kappa shape index (κ3) is 4.10. The van der Waals surface area contributed by atoms with Crippen molar-refractivity contribution >= 4 is 43.0 Å². The van der Waals surface area contributed by atoms with Crippen LogP contribution in [0.5, 0.6) is 0 Å². The highest BCUT2D eigenvalue weighted by atomic mass is 79.9. The van der Waals surface area contributed by atoms with E-state index in [-0.39, 0.29) is 16.4 Å². The van der Waals surface area contributed by atoms with Gasteiger partial charge in [-0.3, -0.25) is 10.1 Å². The summed E-state index contributed by atoms with van der Waals surface area (Å²) in [6.45, 7) is 0.227. The number of nitro groups is 1. The van der Waals surface area contributed by atoms with E-state index in [2.05, 4.69) is 20.7 Å². The predicted molar refractivity (Wildman–Crippen MR) is 84.0 cm³/mol. The zero-order valence-electron chi connectivity index (χ0n) is 10.7. The van der Waals surface area contributed by atoms with Crippen molar-refractivity contribution in [2.75, 3.05) is 6.54 Å². The standard InChI is InChI=1S/C12H11BrN2O4S2/c13-11-6-8-20-12(11)21(18,19)14-7-5-9-1-3-10(4-2-9)15(16)17/h1-4,6,8,14H,5,7H2. The second-order valence-corrected chi connectivity index (χ2v) is 7.86. The summed E-state index contributed by atoms with van der Waals surface area (Å²) in [6.07, 6.45) is 0.459. The van der Waals surface area contributed by atoms with Gasteiger partial charge in [-0.2, -0.15) is 0 Å². The van der Waals surface area contributed by atoms with Gasteiger partial charge in [-0.05, 0) is 39.4 Å². The molecule has 0 fully saturated rings. The number of hydrogen-bond acceptors (Lipinski definition) is 5. The fourth-order valence-corrected chi connectivity index (χ4v) is 5.06. The van der Waals surface area contributed by atoms with Crippen LogP contribution in [0, 0.1) is 10.1 Å². The maximum Gasteiger partial charge on any atom is 0.269 e. The summed E-state index contributed by atoms with van der Waals surface area (Å²) in [5, 5.41) is 12.2. The molecule has 0 bridgehead atoms. The van der Waals surface area contributed by atoms with Crippen molar-refractivity contribution in [2.45, 2.75) is 10.6 Å². The van der Waals surface area contributed by atoms with Gasteiger partial charge in [0.25, 0.3) is 15.7 Å². The summed E-state index contributed by atoms with van der Waals surface area (Å²) in [7, 11) is -3.53. The molecular weight excluding hydrogens is 380 g/mol. The molecule has 0 aliphatic rings. The average molecular weight is 391 g/mol. The first-order chi connectivity index (χ1) is 9.90. The molecule has 1 aromatic heterocycles. The number of benzene rings is 1. The zero-order chi connectivity index (χ0) is 15.5. The number of nitrogens with zero attached hydrogens (tertiary/aromatic N) is 1. The van der Waals surface area contributed by atoms with Crippen molar-refractivity contribution < 1.29 is 13.3 Å². The number of nitro benzene ring substituents is 1. The Morgan fingerprint density at radius 3 is 2.43 bits per heavy atom. The van der Waals surface area contributed by atoms with E-state index in [1.807, 2.05) is 0 Å². The van der Waals surface area contributed by atoms with Crippen LogP contribution in [0.15, 0.2) is 44.4 Å². The molecule has 2 aromatic rings. The molecule has 0 spiro atoms. The first-order valence-electron chi connectivity index (χ1n) is 5.86. The van der Waals surface area contributed by atoms with Crippen LogP contribution >= 0.6 is 27.3 Å². The summed E-state index contributed by atoms with van der Waals surface area (Å²) in [5.41, 5.74) is 0.843. The number of halogens is 1. The van der Waals surface area contributed by atoms with Crippen molar-refractivity contribution in [3.8, 4) is 0 Å². The van der Waals surface area contributed by atoms with E-state index in [9.17, 15) is 18.5 Å². The molecular formula is C12H11BrN2O4S2. The highest BCUT2D eigenvalue weighted by Crippen LogP contribution is 2.27. The summed E-state index contributed by atoms with van der Waals surface area (Å²) >= 11 is 4.32. The highest BCUT2D eigenvalue weighted by molar-refractivity contribution is 9.10. The normalized spacial score (nSPS) is 11.5. The number of nitrogens with one attached hydrogen (secondary N) is 1. The molecule has 0 saturated carbocycles. The van der Waals surface area contributed by atoms with Crippen LogP contribution in [0.3, 0.4) is 0 Å². The van der Waals surface area contributed by atoms with E-state index in [4.69, 9.17) is 0 Å². The Labute approximate surface area is 134 Å². The quantitative estimate of drug-likeness (QED) is 0.606. The summed E-state index contributed by atoms with van der Waals surface area (Å²) < 4.78 is 27.3. The van der Waals surface area contributed by atoms with Gasteiger partial charge in [0.05, 0.1) is 4.92 Å². The van der Waals surface area contributed by atoms with E-state index >= 15 is 0 Å². The van der Waals surface area contributed by atoms with Crippen LogP contribution in [0.25, 0.3) is 0 Å². The van der Waals surface area contributed by atoms with E-state index in [0.29, 0.717) is 10.9 Å². The lowest BCUT2D eigenvalue weighted by Gasteiger charge is -2.05. The molecule has 0 radical (unpaired) electrons. The minimum Gasteiger partial charge on any atom is -0.258 e. The number of hydrogen-bond donors (Lipinski definition) is 1. The third-order valence-electron chi connectivity index (χ3n) is 2.68. The molecule has 0 aliphatic heterocycles. The van der Waals surface area contributed by atoms with Crippen molar-refractivity contribution in [1.29, 1.82) is 0 Å². The molecule has 1 aromatic carbocycles. The molecule has 6 nitrogen and oxygen atoms in total. The molecule has 0 aliphatic carbocycles. The van der Waals surface area contributed by atoms with Crippen molar-refractivity contribution in [1.82, 2.24) is 4.72 Å². The first-order valence-corrected chi connectivity index (χ1v) is 9.02. The Kier molecular flexibility index (Phi) is 5.09. The van der Waals surface area contributed by atoms with Crippen LogP contribution in [0.1, 0.15) is 5.56 Å². The molecule has 9 heteroatoms. The molecule has 0 atom stereocenters. The number of thiophene rings is 1. The fraction of sp³-hybridized carbons (Fsp3) is 0.167. The molecule has 112 valence electrons. The van der Waals surface area contributed by atoms with E-state index < -0.39 is 14.9 Å². The molecule has 21 heavy (non-hydrogen) atoms. The van der Waals surface area contributed by atoms with Gasteiger partial charge >= 0.3 is 0 Å². The van der Waals surface area contributed by atoms with Crippen LogP contribution in [0.2, 0.25) is 0 Å².